The Bertz CT molecular complexity index is 587. The monoisotopic (exact) mass is 273 g/mol. The molecule has 1 N–H and O–H groups in total. The van der Waals surface area contributed by atoms with Crippen LogP contribution in [0.2, 0.25) is 0 Å². The van der Waals surface area contributed by atoms with Crippen molar-refractivity contribution in [3.63, 3.8) is 0 Å². The normalized spacial score (nSPS) is 12.6. The van der Waals surface area contributed by atoms with Gasteiger partial charge in [-0.25, -0.2) is 0 Å². The van der Waals surface area contributed by atoms with Crippen LogP contribution in [0.5, 0.6) is 0 Å². The van der Waals surface area contributed by atoms with E-state index in [1.165, 1.54) is 16.5 Å². The van der Waals surface area contributed by atoms with Crippen molar-refractivity contribution >= 4 is 11.0 Å². The third kappa shape index (κ3) is 3.24. The minimum absolute atomic E-state index is 0.175. The molecular formula is C18H27NO. The molecule has 20 heavy (non-hydrogen) atoms. The number of furan rings is 1. The van der Waals surface area contributed by atoms with Crippen LogP contribution in [0.15, 0.2) is 22.6 Å². The summed E-state index contributed by atoms with van der Waals surface area (Å²) < 4.78 is 5.99. The Labute approximate surface area is 122 Å². The topological polar surface area (TPSA) is 25.2 Å². The predicted octanol–water partition coefficient (Wildman–Crippen LogP) is 4.78. The largest absolute Gasteiger partial charge is 0.459 e. The van der Waals surface area contributed by atoms with E-state index in [-0.39, 0.29) is 5.41 Å². The summed E-state index contributed by atoms with van der Waals surface area (Å²) in [5.41, 5.74) is 3.79. The minimum atomic E-state index is 0.175. The summed E-state index contributed by atoms with van der Waals surface area (Å²) in [5, 5.41) is 4.70. The fraction of sp³-hybridized carbons (Fsp3) is 0.556. The highest BCUT2D eigenvalue weighted by molar-refractivity contribution is 5.83. The SMILES string of the molecule is Cc1c(CNCC(C)C)oc2ccc(C(C)(C)C)cc12. The Hall–Kier alpha value is -1.28. The second kappa shape index (κ2) is 5.61. The molecule has 1 heterocycles. The smallest absolute Gasteiger partial charge is 0.134 e. The van der Waals surface area contributed by atoms with Gasteiger partial charge < -0.3 is 9.73 Å². The van der Waals surface area contributed by atoms with Gasteiger partial charge in [0.1, 0.15) is 11.3 Å². The Morgan fingerprint density at radius 3 is 2.50 bits per heavy atom. The Kier molecular flexibility index (Phi) is 4.24. The summed E-state index contributed by atoms with van der Waals surface area (Å²) in [5.74, 6) is 1.72. The van der Waals surface area contributed by atoms with Crippen molar-refractivity contribution in [3.05, 3.63) is 35.1 Å². The van der Waals surface area contributed by atoms with Crippen LogP contribution < -0.4 is 5.32 Å². The molecule has 1 aromatic heterocycles. The molecule has 0 unspecified atom stereocenters. The van der Waals surface area contributed by atoms with E-state index in [4.69, 9.17) is 4.42 Å². The second-order valence-electron chi connectivity index (χ2n) is 7.14. The molecule has 110 valence electrons. The van der Waals surface area contributed by atoms with E-state index in [0.29, 0.717) is 5.92 Å². The zero-order chi connectivity index (χ0) is 14.9. The van der Waals surface area contributed by atoms with Gasteiger partial charge in [0.25, 0.3) is 0 Å². The molecule has 0 radical (unpaired) electrons. The first-order valence-corrected chi connectivity index (χ1v) is 7.52. The Balaban J connectivity index is 2.28. The average molecular weight is 273 g/mol. The van der Waals surface area contributed by atoms with Gasteiger partial charge in [0.15, 0.2) is 0 Å². The predicted molar refractivity (Wildman–Crippen MR) is 86.2 cm³/mol. The second-order valence-corrected chi connectivity index (χ2v) is 7.14. The van der Waals surface area contributed by atoms with E-state index in [0.717, 1.165) is 24.4 Å². The van der Waals surface area contributed by atoms with Crippen LogP contribution in [-0.2, 0) is 12.0 Å². The zero-order valence-corrected chi connectivity index (χ0v) is 13.6. The van der Waals surface area contributed by atoms with Gasteiger partial charge in [-0.15, -0.1) is 0 Å². The van der Waals surface area contributed by atoms with Gasteiger partial charge in [-0.3, -0.25) is 0 Å². The van der Waals surface area contributed by atoms with E-state index in [1.807, 2.05) is 0 Å². The van der Waals surface area contributed by atoms with Crippen LogP contribution in [-0.4, -0.2) is 6.54 Å². The van der Waals surface area contributed by atoms with Crippen molar-refractivity contribution in [3.8, 4) is 0 Å². The minimum Gasteiger partial charge on any atom is -0.459 e. The summed E-state index contributed by atoms with van der Waals surface area (Å²) in [4.78, 5) is 0. The Morgan fingerprint density at radius 2 is 1.90 bits per heavy atom. The maximum atomic E-state index is 5.99. The first-order chi connectivity index (χ1) is 9.29. The number of fused-ring (bicyclic) bond motifs is 1. The standard InChI is InChI=1S/C18H27NO/c1-12(2)10-19-11-17-13(3)15-9-14(18(4,5)6)7-8-16(15)20-17/h7-9,12,19H,10-11H2,1-6H3. The molecule has 0 aliphatic heterocycles. The van der Waals surface area contributed by atoms with Crippen molar-refractivity contribution in [2.75, 3.05) is 6.54 Å². The molecule has 0 spiro atoms. The Morgan fingerprint density at radius 1 is 1.20 bits per heavy atom. The molecule has 0 atom stereocenters. The van der Waals surface area contributed by atoms with E-state index >= 15 is 0 Å². The molecule has 0 fully saturated rings. The lowest BCUT2D eigenvalue weighted by atomic mass is 9.86. The van der Waals surface area contributed by atoms with Crippen molar-refractivity contribution < 1.29 is 4.42 Å². The van der Waals surface area contributed by atoms with Crippen LogP contribution in [0, 0.1) is 12.8 Å². The first-order valence-electron chi connectivity index (χ1n) is 7.52. The molecule has 0 aliphatic carbocycles. The zero-order valence-electron chi connectivity index (χ0n) is 13.6. The number of nitrogens with one attached hydrogen (secondary N) is 1. The molecule has 0 saturated heterocycles. The van der Waals surface area contributed by atoms with Gasteiger partial charge in [-0.2, -0.15) is 0 Å². The molecule has 0 aliphatic rings. The lowest BCUT2D eigenvalue weighted by Gasteiger charge is -2.18. The fourth-order valence-corrected chi connectivity index (χ4v) is 2.38. The van der Waals surface area contributed by atoms with E-state index in [9.17, 15) is 0 Å². The maximum Gasteiger partial charge on any atom is 0.134 e. The van der Waals surface area contributed by atoms with Crippen molar-refractivity contribution in [2.45, 2.75) is 53.5 Å². The molecular weight excluding hydrogens is 246 g/mol. The van der Waals surface area contributed by atoms with Gasteiger partial charge in [-0.1, -0.05) is 40.7 Å². The van der Waals surface area contributed by atoms with Crippen LogP contribution >= 0.6 is 0 Å². The number of hydrogen-bond donors (Lipinski definition) is 1. The number of aryl methyl sites for hydroxylation is 1. The van der Waals surface area contributed by atoms with Gasteiger partial charge in [0, 0.05) is 5.39 Å². The first kappa shape index (κ1) is 15.1. The molecule has 0 bridgehead atoms. The van der Waals surface area contributed by atoms with Crippen LogP contribution in [0.1, 0.15) is 51.5 Å². The third-order valence-electron chi connectivity index (χ3n) is 3.74. The average Bonchev–Trinajstić information content (AvgIpc) is 2.65. The van der Waals surface area contributed by atoms with Gasteiger partial charge in [0.05, 0.1) is 6.54 Å². The van der Waals surface area contributed by atoms with Gasteiger partial charge >= 0.3 is 0 Å². The number of rotatable bonds is 4. The lowest BCUT2D eigenvalue weighted by Crippen LogP contribution is -2.18. The highest BCUT2D eigenvalue weighted by atomic mass is 16.3. The van der Waals surface area contributed by atoms with Crippen molar-refractivity contribution in [1.82, 2.24) is 5.32 Å². The maximum absolute atomic E-state index is 5.99. The fourth-order valence-electron chi connectivity index (χ4n) is 2.38. The van der Waals surface area contributed by atoms with Crippen molar-refractivity contribution in [1.29, 1.82) is 0 Å². The molecule has 2 aromatic rings. The summed E-state index contributed by atoms with van der Waals surface area (Å²) in [6.45, 7) is 15.2. The molecule has 0 amide bonds. The molecule has 1 aromatic carbocycles. The van der Waals surface area contributed by atoms with E-state index in [2.05, 4.69) is 65.1 Å². The molecule has 0 saturated carbocycles. The highest BCUT2D eigenvalue weighted by Crippen LogP contribution is 2.30. The summed E-state index contributed by atoms with van der Waals surface area (Å²) in [6, 6.07) is 6.56. The number of benzene rings is 1. The van der Waals surface area contributed by atoms with Gasteiger partial charge in [0.2, 0.25) is 0 Å². The van der Waals surface area contributed by atoms with Crippen molar-refractivity contribution in [2.24, 2.45) is 5.92 Å². The van der Waals surface area contributed by atoms with Gasteiger partial charge in [-0.05, 0) is 48.1 Å². The molecule has 2 nitrogen and oxygen atoms in total. The summed E-state index contributed by atoms with van der Waals surface area (Å²) in [7, 11) is 0. The highest BCUT2D eigenvalue weighted by Gasteiger charge is 2.17. The van der Waals surface area contributed by atoms with Crippen LogP contribution in [0.4, 0.5) is 0 Å². The van der Waals surface area contributed by atoms with E-state index < -0.39 is 0 Å². The quantitative estimate of drug-likeness (QED) is 0.867. The van der Waals surface area contributed by atoms with Crippen LogP contribution in [0.3, 0.4) is 0 Å². The van der Waals surface area contributed by atoms with E-state index in [1.54, 1.807) is 0 Å². The molecule has 2 rings (SSSR count). The lowest BCUT2D eigenvalue weighted by molar-refractivity contribution is 0.482. The molecule has 2 heteroatoms. The third-order valence-corrected chi connectivity index (χ3v) is 3.74. The number of hydrogen-bond acceptors (Lipinski definition) is 2. The summed E-state index contributed by atoms with van der Waals surface area (Å²) >= 11 is 0. The van der Waals surface area contributed by atoms with Crippen LogP contribution in [0.25, 0.3) is 11.0 Å². The summed E-state index contributed by atoms with van der Waals surface area (Å²) in [6.07, 6.45) is 0.